The van der Waals surface area contributed by atoms with Gasteiger partial charge in [0.15, 0.2) is 46.5 Å². The molecule has 2 aliphatic heterocycles. The minimum Gasteiger partial charge on any atom is -0.201 e. The molecule has 0 radical (unpaired) electrons. The molecule has 0 spiro atoms. The maximum Gasteiger partial charge on any atom is 0.252 e. The Morgan fingerprint density at radius 2 is 0.410 bits per heavy atom. The zero-order valence-electron chi connectivity index (χ0n) is 39.8. The third kappa shape index (κ3) is 8.30. The van der Waals surface area contributed by atoms with Gasteiger partial charge in [-0.3, -0.25) is 0 Å². The van der Waals surface area contributed by atoms with E-state index in [2.05, 4.69) is 19.9 Å². The Kier molecular flexibility index (Phi) is 13.6. The average molecular weight is 1120 g/mol. The summed E-state index contributed by atoms with van der Waals surface area (Å²) in [6, 6.07) is 25.1. The summed E-state index contributed by atoms with van der Waals surface area (Å²) < 4.78 is 262. The molecule has 2 aliphatic rings. The van der Waals surface area contributed by atoms with Gasteiger partial charge in [-0.1, -0.05) is 147 Å². The number of aromatic nitrogens is 4. The van der Waals surface area contributed by atoms with Gasteiger partial charge >= 0.3 is 0 Å². The van der Waals surface area contributed by atoms with E-state index in [4.69, 9.17) is 0 Å². The zero-order valence-corrected chi connectivity index (χ0v) is 41.8. The number of pyridine rings is 4. The van der Waals surface area contributed by atoms with Gasteiger partial charge in [-0.05, 0) is 65.3 Å². The highest BCUT2D eigenvalue weighted by Crippen LogP contribution is 2.63. The van der Waals surface area contributed by atoms with Gasteiger partial charge in [0, 0.05) is 0 Å². The number of hydrogen-bond acceptors (Lipinski definition) is 4. The summed E-state index contributed by atoms with van der Waals surface area (Å²) in [6.07, 6.45) is 0. The molecule has 0 atom stereocenters. The first-order valence-electron chi connectivity index (χ1n) is 23.2. The molecule has 10 rings (SSSR count). The second kappa shape index (κ2) is 20.0. The van der Waals surface area contributed by atoms with Crippen LogP contribution in [0, 0.1) is 94.1 Å². The SMILES string of the molecule is C[Si]1(CC[Si]2(C)C(c3c(F)c(F)nc(F)c3F)=C(c3ccccc3)C(c3ccccc3)=C2c2c(F)c(F)nc(F)c2F)C(c2c(F)c(F)nc(F)c2F)=C(c2ccccc2)C(c2ccccc2)=C1c1c(F)c(F)nc(F)c1F. The molecule has 6 heterocycles. The van der Waals surface area contributed by atoms with Crippen LogP contribution < -0.4 is 0 Å². The normalized spacial score (nSPS) is 15.2. The van der Waals surface area contributed by atoms with E-state index >= 15 is 70.2 Å². The number of allylic oxidation sites excluding steroid dienone is 4. The van der Waals surface area contributed by atoms with Gasteiger partial charge < -0.3 is 0 Å². The number of nitrogens with zero attached hydrogens (tertiary/aromatic N) is 4. The largest absolute Gasteiger partial charge is 0.252 e. The highest BCUT2D eigenvalue weighted by atomic mass is 28.3. The van der Waals surface area contributed by atoms with Crippen LogP contribution in [0.1, 0.15) is 44.5 Å². The molecule has 8 aromatic rings. The first-order chi connectivity index (χ1) is 37.1. The molecular formula is C56H30F16N4Si2. The van der Waals surface area contributed by atoms with E-state index < -0.39 is 188 Å². The first-order valence-corrected chi connectivity index (χ1v) is 28.6. The van der Waals surface area contributed by atoms with E-state index in [1.807, 2.05) is 0 Å². The highest BCUT2D eigenvalue weighted by molar-refractivity contribution is 7.17. The van der Waals surface area contributed by atoms with Gasteiger partial charge in [-0.15, -0.1) is 0 Å². The molecule has 0 saturated carbocycles. The minimum atomic E-state index is -5.34. The van der Waals surface area contributed by atoms with E-state index in [0.29, 0.717) is 0 Å². The highest BCUT2D eigenvalue weighted by Gasteiger charge is 2.56. The molecule has 0 aliphatic carbocycles. The van der Waals surface area contributed by atoms with Crippen LogP contribution in [0.4, 0.5) is 70.2 Å². The monoisotopic (exact) mass is 1120 g/mol. The Morgan fingerprint density at radius 3 is 0.564 bits per heavy atom. The Bertz CT molecular complexity index is 3340. The third-order valence-electron chi connectivity index (χ3n) is 14.1. The molecule has 4 nitrogen and oxygen atoms in total. The van der Waals surface area contributed by atoms with Crippen LogP contribution in [0.15, 0.2) is 121 Å². The molecule has 0 unspecified atom stereocenters. The fourth-order valence-electron chi connectivity index (χ4n) is 10.9. The molecule has 78 heavy (non-hydrogen) atoms. The van der Waals surface area contributed by atoms with Gasteiger partial charge in [0.1, 0.15) is 16.1 Å². The fourth-order valence-corrected chi connectivity index (χ4v) is 22.7. The number of halogens is 16. The molecule has 0 N–H and O–H groups in total. The Hall–Kier alpha value is -8.25. The van der Waals surface area contributed by atoms with E-state index in [9.17, 15) is 0 Å². The predicted molar refractivity (Wildman–Crippen MR) is 262 cm³/mol. The van der Waals surface area contributed by atoms with Crippen LogP contribution in [-0.4, -0.2) is 36.1 Å². The fraction of sp³-hybridized carbons (Fsp3) is 0.0714. The Morgan fingerprint density at radius 1 is 0.256 bits per heavy atom. The van der Waals surface area contributed by atoms with Crippen LogP contribution >= 0.6 is 0 Å². The summed E-state index contributed by atoms with van der Waals surface area (Å²) >= 11 is 0. The summed E-state index contributed by atoms with van der Waals surface area (Å²) in [5.74, 6) is -35.8. The standard InChI is InChI=1S/C56H30F16N4Si2/c1-77(45(33-37(57)49(65)73-50(66)38(33)58)29(25-15-7-3-8-16-25)30(26-17-9-4-10-18-26)46(77)34-39(59)51(67)74-52(68)40(34)60)23-24-78(2)47(35-41(61)53(69)75-54(70)42(35)62)31(27-19-11-5-12-20-27)32(28-21-13-6-14-22-28)48(78)36-43(63)55(71)76-56(72)44(36)64/h3-22H,23-24H2,1-2H3. The van der Waals surface area contributed by atoms with Crippen molar-refractivity contribution in [1.82, 2.24) is 19.9 Å². The lowest BCUT2D eigenvalue weighted by Gasteiger charge is -2.37. The van der Waals surface area contributed by atoms with Crippen LogP contribution in [-0.2, 0) is 0 Å². The summed E-state index contributed by atoms with van der Waals surface area (Å²) in [5, 5.41) is -3.26. The molecule has 4 aromatic carbocycles. The molecular weight excluding hydrogens is 1090 g/mol. The van der Waals surface area contributed by atoms with Crippen molar-refractivity contribution >= 4 is 59.2 Å². The van der Waals surface area contributed by atoms with E-state index in [1.54, 1.807) is 0 Å². The maximum atomic E-state index is 17.0. The topological polar surface area (TPSA) is 51.6 Å². The van der Waals surface area contributed by atoms with Crippen LogP contribution in [0.3, 0.4) is 0 Å². The Labute approximate surface area is 433 Å². The molecule has 0 amide bonds. The van der Waals surface area contributed by atoms with Crippen molar-refractivity contribution in [3.8, 4) is 0 Å². The summed E-state index contributed by atoms with van der Waals surface area (Å²) in [7, 11) is -10.7. The van der Waals surface area contributed by atoms with Crippen LogP contribution in [0.2, 0.25) is 25.2 Å². The van der Waals surface area contributed by atoms with Gasteiger partial charge in [0.2, 0.25) is 0 Å². The molecule has 394 valence electrons. The molecule has 0 bridgehead atoms. The maximum absolute atomic E-state index is 17.0. The van der Waals surface area contributed by atoms with Crippen molar-refractivity contribution < 1.29 is 70.2 Å². The summed E-state index contributed by atoms with van der Waals surface area (Å²) in [6.45, 7) is 2.16. The van der Waals surface area contributed by atoms with Crippen molar-refractivity contribution in [3.63, 3.8) is 0 Å². The van der Waals surface area contributed by atoms with Crippen LogP contribution in [0.25, 0.3) is 43.1 Å². The lowest BCUT2D eigenvalue weighted by molar-refractivity contribution is 0.404. The van der Waals surface area contributed by atoms with Crippen molar-refractivity contribution in [1.29, 1.82) is 0 Å². The van der Waals surface area contributed by atoms with E-state index in [0.717, 1.165) is 13.1 Å². The second-order valence-corrected chi connectivity index (χ2v) is 26.7. The Balaban J connectivity index is 1.43. The van der Waals surface area contributed by atoms with Crippen molar-refractivity contribution in [2.75, 3.05) is 0 Å². The van der Waals surface area contributed by atoms with E-state index in [-0.39, 0.29) is 22.3 Å². The smallest absolute Gasteiger partial charge is 0.201 e. The van der Waals surface area contributed by atoms with Crippen LogP contribution in [0.5, 0.6) is 0 Å². The van der Waals surface area contributed by atoms with Gasteiger partial charge in [0.05, 0.1) is 22.3 Å². The number of benzene rings is 4. The van der Waals surface area contributed by atoms with Crippen molar-refractivity contribution in [3.05, 3.63) is 260 Å². The number of hydrogen-bond donors (Lipinski definition) is 0. The average Bonchev–Trinajstić information content (AvgIpc) is 4.09. The molecule has 4 aromatic heterocycles. The predicted octanol–water partition coefficient (Wildman–Crippen LogP) is 15.6. The molecule has 0 fully saturated rings. The lowest BCUT2D eigenvalue weighted by Crippen LogP contribution is -2.41. The third-order valence-corrected chi connectivity index (χ3v) is 23.5. The summed E-state index contributed by atoms with van der Waals surface area (Å²) in [4.78, 5) is 10.7. The molecule has 0 saturated heterocycles. The molecule has 22 heteroatoms. The number of rotatable bonds is 11. The van der Waals surface area contributed by atoms with E-state index in [1.165, 1.54) is 121 Å². The van der Waals surface area contributed by atoms with Crippen molar-refractivity contribution in [2.24, 2.45) is 0 Å². The lowest BCUT2D eigenvalue weighted by atomic mass is 9.89. The minimum absolute atomic E-state index is 0.116. The van der Waals surface area contributed by atoms with Crippen molar-refractivity contribution in [2.45, 2.75) is 25.2 Å². The second-order valence-electron chi connectivity index (χ2n) is 18.4. The van der Waals surface area contributed by atoms with Gasteiger partial charge in [-0.25, -0.2) is 35.1 Å². The summed E-state index contributed by atoms with van der Waals surface area (Å²) in [5.41, 5.74) is -8.60. The first kappa shape index (κ1) is 53.2. The quantitative estimate of drug-likeness (QED) is 0.0736. The van der Waals surface area contributed by atoms with Gasteiger partial charge in [0.25, 0.3) is 47.6 Å². The zero-order chi connectivity index (χ0) is 55.9. The van der Waals surface area contributed by atoms with Gasteiger partial charge in [-0.2, -0.15) is 55.1 Å².